The zero-order chi connectivity index (χ0) is 30.6. The maximum absolute atomic E-state index is 13.8. The molecule has 4 heterocycles. The Balaban J connectivity index is 1.20. The first-order chi connectivity index (χ1) is 21.3. The van der Waals surface area contributed by atoms with Crippen LogP contribution < -0.4 is 15.8 Å². The van der Waals surface area contributed by atoms with Crippen molar-refractivity contribution in [3.63, 3.8) is 0 Å². The molecule has 2 amide bonds. The highest BCUT2D eigenvalue weighted by Crippen LogP contribution is 2.53. The number of nitrogens with two attached hydrogens (primary N) is 1. The number of anilines is 3. The summed E-state index contributed by atoms with van der Waals surface area (Å²) in [6.07, 6.45) is 1.99. The molecule has 1 aliphatic heterocycles. The number of nitrogen functional groups attached to an aromatic ring is 1. The number of thiazole rings is 1. The zero-order valence-corrected chi connectivity index (χ0v) is 25.3. The molecule has 1 fully saturated rings. The Morgan fingerprint density at radius 2 is 1.91 bits per heavy atom. The molecule has 1 aliphatic carbocycles. The van der Waals surface area contributed by atoms with E-state index in [9.17, 15) is 9.59 Å². The Labute approximate surface area is 257 Å². The molecule has 11 nitrogen and oxygen atoms in total. The van der Waals surface area contributed by atoms with Gasteiger partial charge >= 0.3 is 0 Å². The lowest BCUT2D eigenvalue weighted by molar-refractivity contribution is 0.0696. The monoisotopic (exact) mass is 606 g/mol. The van der Waals surface area contributed by atoms with Gasteiger partial charge < -0.3 is 25.6 Å². The predicted molar refractivity (Wildman–Crippen MR) is 169 cm³/mol. The third-order valence-corrected chi connectivity index (χ3v) is 8.96. The molecule has 3 aromatic heterocycles. The fraction of sp³-hybridized carbons (Fsp3) is 0.250. The van der Waals surface area contributed by atoms with Gasteiger partial charge in [0.15, 0.2) is 10.6 Å². The number of para-hydroxylation sites is 1. The molecule has 2 aliphatic rings. The second kappa shape index (κ2) is 10.6. The van der Waals surface area contributed by atoms with Gasteiger partial charge in [-0.3, -0.25) is 9.59 Å². The topological polar surface area (TPSA) is 139 Å². The minimum Gasteiger partial charge on any atom is -0.494 e. The lowest BCUT2D eigenvalue weighted by atomic mass is 9.84. The molecular weight excluding hydrogens is 576 g/mol. The van der Waals surface area contributed by atoms with Crippen LogP contribution >= 0.6 is 11.3 Å². The summed E-state index contributed by atoms with van der Waals surface area (Å²) in [5.74, 6) is 1.10. The number of nitrogens with zero attached hydrogens (tertiary/aromatic N) is 6. The number of benzene rings is 2. The van der Waals surface area contributed by atoms with Gasteiger partial charge in [0.05, 0.1) is 30.5 Å². The van der Waals surface area contributed by atoms with E-state index in [4.69, 9.17) is 10.5 Å². The molecule has 7 rings (SSSR count). The van der Waals surface area contributed by atoms with Crippen LogP contribution in [0, 0.1) is 0 Å². The maximum atomic E-state index is 13.8. The van der Waals surface area contributed by atoms with Crippen molar-refractivity contribution in [2.45, 2.75) is 24.8 Å². The molecule has 5 aromatic rings. The molecule has 0 bridgehead atoms. The molecule has 44 heavy (non-hydrogen) atoms. The molecule has 2 aromatic carbocycles. The number of rotatable bonds is 7. The zero-order valence-electron chi connectivity index (χ0n) is 24.5. The molecule has 0 radical (unpaired) electrons. The van der Waals surface area contributed by atoms with Crippen molar-refractivity contribution in [1.29, 1.82) is 0 Å². The normalized spacial score (nSPS) is 14.9. The summed E-state index contributed by atoms with van der Waals surface area (Å²) in [4.78, 5) is 47.9. The van der Waals surface area contributed by atoms with E-state index in [1.54, 1.807) is 32.8 Å². The van der Waals surface area contributed by atoms with Gasteiger partial charge in [-0.2, -0.15) is 4.98 Å². The Morgan fingerprint density at radius 3 is 2.68 bits per heavy atom. The fourth-order valence-electron chi connectivity index (χ4n) is 5.92. The van der Waals surface area contributed by atoms with Crippen LogP contribution in [-0.4, -0.2) is 69.3 Å². The van der Waals surface area contributed by atoms with E-state index in [0.717, 1.165) is 29.5 Å². The summed E-state index contributed by atoms with van der Waals surface area (Å²) in [5, 5.41) is 3.35. The third kappa shape index (κ3) is 4.77. The van der Waals surface area contributed by atoms with Crippen LogP contribution in [0.1, 0.15) is 44.9 Å². The van der Waals surface area contributed by atoms with Gasteiger partial charge in [0.25, 0.3) is 11.8 Å². The summed E-state index contributed by atoms with van der Waals surface area (Å²) < 4.78 is 5.92. The SMILES string of the molecule is COc1c(Nc2nc(N)nc3scnc23)cccc1-c1ccc2c(c1)C1(CC1)CN(Cc1cccc(C(=O)N(C)C)n1)C2=O. The molecule has 12 heteroatoms. The Hall–Kier alpha value is -5.10. The van der Waals surface area contributed by atoms with E-state index >= 15 is 0 Å². The molecule has 1 spiro atoms. The quantitative estimate of drug-likeness (QED) is 0.266. The number of carbonyl (C=O) groups excluding carboxylic acids is 2. The summed E-state index contributed by atoms with van der Waals surface area (Å²) >= 11 is 1.39. The van der Waals surface area contributed by atoms with E-state index in [1.165, 1.54) is 16.2 Å². The van der Waals surface area contributed by atoms with E-state index in [2.05, 4.69) is 31.3 Å². The number of amides is 2. The Kier molecular flexibility index (Phi) is 6.65. The van der Waals surface area contributed by atoms with Gasteiger partial charge in [-0.25, -0.2) is 15.0 Å². The highest BCUT2D eigenvalue weighted by Gasteiger charge is 2.51. The predicted octanol–water partition coefficient (Wildman–Crippen LogP) is 4.87. The average molecular weight is 607 g/mol. The van der Waals surface area contributed by atoms with Crippen LogP contribution in [0.25, 0.3) is 21.5 Å². The van der Waals surface area contributed by atoms with Gasteiger partial charge in [0.2, 0.25) is 5.95 Å². The molecular formula is C32H30N8O3S. The third-order valence-electron chi connectivity index (χ3n) is 8.24. The maximum Gasteiger partial charge on any atom is 0.271 e. The van der Waals surface area contributed by atoms with Crippen molar-refractivity contribution in [2.24, 2.45) is 0 Å². The number of hydrogen-bond acceptors (Lipinski definition) is 10. The van der Waals surface area contributed by atoms with Gasteiger partial charge in [-0.15, -0.1) is 11.3 Å². The number of hydrogen-bond donors (Lipinski definition) is 2. The van der Waals surface area contributed by atoms with Crippen molar-refractivity contribution in [1.82, 2.24) is 29.7 Å². The first-order valence-corrected chi connectivity index (χ1v) is 15.1. The van der Waals surface area contributed by atoms with Gasteiger partial charge in [-0.05, 0) is 54.3 Å². The van der Waals surface area contributed by atoms with Gasteiger partial charge in [0.1, 0.15) is 17.0 Å². The van der Waals surface area contributed by atoms with Crippen LogP contribution in [0.5, 0.6) is 5.75 Å². The van der Waals surface area contributed by atoms with E-state index in [-0.39, 0.29) is 23.2 Å². The van der Waals surface area contributed by atoms with Crippen LogP contribution in [0.15, 0.2) is 60.1 Å². The fourth-order valence-corrected chi connectivity index (χ4v) is 6.59. The second-order valence-electron chi connectivity index (χ2n) is 11.4. The highest BCUT2D eigenvalue weighted by atomic mass is 32.1. The smallest absolute Gasteiger partial charge is 0.271 e. The minimum absolute atomic E-state index is 0.0359. The highest BCUT2D eigenvalue weighted by molar-refractivity contribution is 7.16. The molecule has 0 saturated heterocycles. The first-order valence-electron chi connectivity index (χ1n) is 14.2. The van der Waals surface area contributed by atoms with E-state index < -0.39 is 0 Å². The van der Waals surface area contributed by atoms with E-state index in [0.29, 0.717) is 57.6 Å². The second-order valence-corrected chi connectivity index (χ2v) is 12.2. The van der Waals surface area contributed by atoms with Gasteiger partial charge in [0, 0.05) is 37.2 Å². The van der Waals surface area contributed by atoms with Crippen molar-refractivity contribution in [3.8, 4) is 16.9 Å². The number of methoxy groups -OCH3 is 1. The summed E-state index contributed by atoms with van der Waals surface area (Å²) in [6.45, 7) is 0.949. The van der Waals surface area contributed by atoms with E-state index in [1.807, 2.05) is 47.4 Å². The van der Waals surface area contributed by atoms with Gasteiger partial charge in [-0.1, -0.05) is 24.3 Å². The lowest BCUT2D eigenvalue weighted by Gasteiger charge is -2.35. The first kappa shape index (κ1) is 27.7. The number of ether oxygens (including phenoxy) is 1. The van der Waals surface area contributed by atoms with Crippen LogP contribution in [0.4, 0.5) is 17.5 Å². The number of nitrogens with one attached hydrogen (secondary N) is 1. The van der Waals surface area contributed by atoms with Crippen LogP contribution in [-0.2, 0) is 12.0 Å². The van der Waals surface area contributed by atoms with Crippen molar-refractivity contribution >= 4 is 51.0 Å². The number of pyridine rings is 1. The standard InChI is InChI=1S/C32H30N8O3S/c1-39(2)30(42)24-9-4-6-19(35-24)15-40-16-32(12-13-32)22-14-18(10-11-21(22)29(40)41)20-7-5-8-23(26(20)43-3)36-27-25-28(44-17-34-25)38-31(33)37-27/h4-11,14,17H,12-13,15-16H2,1-3H3,(H3,33,36,37,38). The summed E-state index contributed by atoms with van der Waals surface area (Å²) in [6, 6.07) is 17.3. The number of carbonyl (C=O) groups is 2. The lowest BCUT2D eigenvalue weighted by Crippen LogP contribution is -2.43. The minimum atomic E-state index is -0.166. The van der Waals surface area contributed by atoms with Crippen LogP contribution in [0.2, 0.25) is 0 Å². The molecule has 3 N–H and O–H groups in total. The van der Waals surface area contributed by atoms with Crippen molar-refractivity contribution in [2.75, 3.05) is 38.8 Å². The van der Waals surface area contributed by atoms with Crippen molar-refractivity contribution < 1.29 is 14.3 Å². The average Bonchev–Trinajstić information content (AvgIpc) is 3.64. The molecule has 222 valence electrons. The summed E-state index contributed by atoms with van der Waals surface area (Å²) in [5.41, 5.74) is 13.6. The summed E-state index contributed by atoms with van der Waals surface area (Å²) in [7, 11) is 5.03. The van der Waals surface area contributed by atoms with Crippen molar-refractivity contribution in [3.05, 3.63) is 82.6 Å². The molecule has 0 atom stereocenters. The Bertz CT molecular complexity index is 1950. The molecule has 0 unspecified atom stereocenters. The largest absolute Gasteiger partial charge is 0.494 e. The molecule has 1 saturated carbocycles. The number of fused-ring (bicyclic) bond motifs is 3. The number of aromatic nitrogens is 4. The van der Waals surface area contributed by atoms with Crippen LogP contribution in [0.3, 0.4) is 0 Å². The Morgan fingerprint density at radius 1 is 1.09 bits per heavy atom.